The summed E-state index contributed by atoms with van der Waals surface area (Å²) in [5.41, 5.74) is -0.0920. The van der Waals surface area contributed by atoms with E-state index >= 15 is 0 Å². The fraction of sp³-hybridized carbons (Fsp3) is 0.368. The van der Waals surface area contributed by atoms with Gasteiger partial charge in [-0.3, -0.25) is 14.2 Å². The summed E-state index contributed by atoms with van der Waals surface area (Å²) in [7, 11) is 0. The van der Waals surface area contributed by atoms with Crippen molar-refractivity contribution in [1.82, 2.24) is 24.1 Å². The average Bonchev–Trinajstić information content (AvgIpc) is 3.40. The SMILES string of the molecule is CC(C)CCNC(=O)Cn1nc2n(Cc3cccs3)c(=O)c3sccc3n2c1=O. The van der Waals surface area contributed by atoms with Gasteiger partial charge in [0.1, 0.15) is 11.2 Å². The third-order valence-corrected chi connectivity index (χ3v) is 6.37. The van der Waals surface area contributed by atoms with Gasteiger partial charge in [-0.15, -0.1) is 27.8 Å². The molecule has 1 N–H and O–H groups in total. The number of hydrogen-bond donors (Lipinski definition) is 1. The molecule has 0 aliphatic heterocycles. The Hall–Kier alpha value is -2.72. The zero-order chi connectivity index (χ0) is 20.5. The van der Waals surface area contributed by atoms with E-state index in [0.717, 1.165) is 16.0 Å². The van der Waals surface area contributed by atoms with E-state index in [4.69, 9.17) is 0 Å². The molecule has 0 unspecified atom stereocenters. The Kier molecular flexibility index (Phi) is 5.37. The van der Waals surface area contributed by atoms with Crippen LogP contribution in [-0.4, -0.2) is 31.2 Å². The first-order valence-electron chi connectivity index (χ1n) is 9.34. The van der Waals surface area contributed by atoms with Crippen LogP contribution in [-0.2, 0) is 17.9 Å². The van der Waals surface area contributed by atoms with Crippen molar-refractivity contribution in [3.05, 3.63) is 54.7 Å². The molecular weight excluding hydrogens is 410 g/mol. The van der Waals surface area contributed by atoms with Crippen molar-refractivity contribution in [3.63, 3.8) is 0 Å². The zero-order valence-corrected chi connectivity index (χ0v) is 17.8. The molecular formula is C19H21N5O3S2. The maximum absolute atomic E-state index is 13.0. The maximum Gasteiger partial charge on any atom is 0.352 e. The Morgan fingerprint density at radius 1 is 1.21 bits per heavy atom. The first-order valence-corrected chi connectivity index (χ1v) is 11.1. The van der Waals surface area contributed by atoms with Crippen LogP contribution in [0, 0.1) is 5.92 Å². The molecule has 0 saturated carbocycles. The summed E-state index contributed by atoms with van der Waals surface area (Å²) in [6.45, 7) is 4.86. The summed E-state index contributed by atoms with van der Waals surface area (Å²) < 4.78 is 4.54. The Morgan fingerprint density at radius 3 is 2.76 bits per heavy atom. The summed E-state index contributed by atoms with van der Waals surface area (Å²) >= 11 is 2.83. The van der Waals surface area contributed by atoms with E-state index in [0.29, 0.717) is 29.2 Å². The molecule has 4 heterocycles. The smallest absolute Gasteiger partial charge is 0.352 e. The lowest BCUT2D eigenvalue weighted by atomic mass is 10.1. The number of rotatable bonds is 7. The van der Waals surface area contributed by atoms with E-state index in [1.807, 2.05) is 17.5 Å². The number of nitrogens with zero attached hydrogens (tertiary/aromatic N) is 4. The fourth-order valence-corrected chi connectivity index (χ4v) is 4.65. The molecule has 0 bridgehead atoms. The van der Waals surface area contributed by atoms with E-state index in [1.165, 1.54) is 31.6 Å². The second-order valence-electron chi connectivity index (χ2n) is 7.21. The Labute approximate surface area is 174 Å². The first-order chi connectivity index (χ1) is 14.0. The number of hydrogen-bond acceptors (Lipinski definition) is 6. The highest BCUT2D eigenvalue weighted by atomic mass is 32.1. The van der Waals surface area contributed by atoms with Crippen molar-refractivity contribution in [3.8, 4) is 0 Å². The van der Waals surface area contributed by atoms with Crippen LogP contribution in [0.4, 0.5) is 0 Å². The predicted molar refractivity (Wildman–Crippen MR) is 115 cm³/mol. The molecule has 0 fully saturated rings. The second kappa shape index (κ2) is 7.96. The monoisotopic (exact) mass is 431 g/mol. The summed E-state index contributed by atoms with van der Waals surface area (Å²) in [6.07, 6.45) is 0.863. The fourth-order valence-electron chi connectivity index (χ4n) is 3.13. The zero-order valence-electron chi connectivity index (χ0n) is 16.1. The van der Waals surface area contributed by atoms with E-state index in [2.05, 4.69) is 24.3 Å². The van der Waals surface area contributed by atoms with Crippen molar-refractivity contribution in [2.75, 3.05) is 6.54 Å². The molecule has 4 aromatic rings. The lowest BCUT2D eigenvalue weighted by Crippen LogP contribution is -2.33. The highest BCUT2D eigenvalue weighted by Gasteiger charge is 2.19. The molecule has 0 aliphatic carbocycles. The maximum atomic E-state index is 13.0. The Bertz CT molecular complexity index is 1280. The first kappa shape index (κ1) is 19.6. The van der Waals surface area contributed by atoms with Gasteiger partial charge in [-0.1, -0.05) is 19.9 Å². The molecule has 0 aromatic carbocycles. The van der Waals surface area contributed by atoms with Crippen LogP contribution in [0.15, 0.2) is 38.5 Å². The van der Waals surface area contributed by atoms with Crippen LogP contribution in [0.3, 0.4) is 0 Å². The van der Waals surface area contributed by atoms with Crippen LogP contribution in [0.5, 0.6) is 0 Å². The normalized spacial score (nSPS) is 11.7. The number of fused-ring (bicyclic) bond motifs is 3. The van der Waals surface area contributed by atoms with Gasteiger partial charge in [0.15, 0.2) is 0 Å². The third-order valence-electron chi connectivity index (χ3n) is 4.62. The number of carbonyl (C=O) groups is 1. The molecule has 4 aromatic heterocycles. The minimum absolute atomic E-state index is 0.183. The quantitative estimate of drug-likeness (QED) is 0.485. The average molecular weight is 432 g/mol. The van der Waals surface area contributed by atoms with Crippen LogP contribution < -0.4 is 16.6 Å². The van der Waals surface area contributed by atoms with Gasteiger partial charge < -0.3 is 5.32 Å². The largest absolute Gasteiger partial charge is 0.354 e. The van der Waals surface area contributed by atoms with Crippen LogP contribution >= 0.6 is 22.7 Å². The number of amides is 1. The molecule has 1 amide bonds. The van der Waals surface area contributed by atoms with Crippen molar-refractivity contribution in [2.24, 2.45) is 5.92 Å². The molecule has 8 nitrogen and oxygen atoms in total. The molecule has 0 spiro atoms. The highest BCUT2D eigenvalue weighted by Crippen LogP contribution is 2.18. The molecule has 10 heteroatoms. The minimum Gasteiger partial charge on any atom is -0.354 e. The Morgan fingerprint density at radius 2 is 2.03 bits per heavy atom. The lowest BCUT2D eigenvalue weighted by Gasteiger charge is -2.06. The summed E-state index contributed by atoms with van der Waals surface area (Å²) in [5.74, 6) is 0.450. The molecule has 152 valence electrons. The molecule has 29 heavy (non-hydrogen) atoms. The highest BCUT2D eigenvalue weighted by molar-refractivity contribution is 7.17. The van der Waals surface area contributed by atoms with Crippen molar-refractivity contribution >= 4 is 44.6 Å². The summed E-state index contributed by atoms with van der Waals surface area (Å²) in [5, 5.41) is 10.9. The van der Waals surface area contributed by atoms with E-state index in [1.54, 1.807) is 11.4 Å². The van der Waals surface area contributed by atoms with Crippen LogP contribution in [0.25, 0.3) is 16.0 Å². The van der Waals surface area contributed by atoms with Gasteiger partial charge >= 0.3 is 5.69 Å². The van der Waals surface area contributed by atoms with Gasteiger partial charge in [-0.25, -0.2) is 13.9 Å². The molecule has 4 rings (SSSR count). The molecule has 0 saturated heterocycles. The van der Waals surface area contributed by atoms with E-state index in [-0.39, 0.29) is 23.8 Å². The molecule has 0 radical (unpaired) electrons. The second-order valence-corrected chi connectivity index (χ2v) is 9.16. The van der Waals surface area contributed by atoms with Gasteiger partial charge in [0.25, 0.3) is 5.56 Å². The number of carbonyl (C=O) groups excluding carboxylic acids is 1. The standard InChI is InChI=1S/C19H21N5O3S2/c1-12(2)5-7-20-15(25)11-23-19(27)24-14-6-9-29-16(14)17(26)22(18(24)21-23)10-13-4-3-8-28-13/h3-4,6,8-9,12H,5,7,10-11H2,1-2H3,(H,20,25). The van der Waals surface area contributed by atoms with Crippen molar-refractivity contribution < 1.29 is 4.79 Å². The van der Waals surface area contributed by atoms with Gasteiger partial charge in [0.05, 0.1) is 12.1 Å². The lowest BCUT2D eigenvalue weighted by molar-refractivity contribution is -0.121. The van der Waals surface area contributed by atoms with Crippen LogP contribution in [0.1, 0.15) is 25.1 Å². The van der Waals surface area contributed by atoms with Crippen molar-refractivity contribution in [1.29, 1.82) is 0 Å². The molecule has 0 atom stereocenters. The van der Waals surface area contributed by atoms with Gasteiger partial charge in [-0.2, -0.15) is 0 Å². The third kappa shape index (κ3) is 3.77. The molecule has 0 aliphatic rings. The topological polar surface area (TPSA) is 90.4 Å². The number of nitrogens with one attached hydrogen (secondary N) is 1. The van der Waals surface area contributed by atoms with Gasteiger partial charge in [-0.05, 0) is 35.2 Å². The number of aromatic nitrogens is 4. The van der Waals surface area contributed by atoms with Crippen molar-refractivity contribution in [2.45, 2.75) is 33.4 Å². The minimum atomic E-state index is -0.428. The summed E-state index contributed by atoms with van der Waals surface area (Å²) in [4.78, 5) is 39.3. The van der Waals surface area contributed by atoms with Gasteiger partial charge in [0, 0.05) is 11.4 Å². The summed E-state index contributed by atoms with van der Waals surface area (Å²) in [6, 6.07) is 5.59. The number of thiophene rings is 2. The predicted octanol–water partition coefficient (Wildman–Crippen LogP) is 2.14. The Balaban J connectivity index is 1.76. The van der Waals surface area contributed by atoms with E-state index in [9.17, 15) is 14.4 Å². The van der Waals surface area contributed by atoms with E-state index < -0.39 is 5.69 Å². The van der Waals surface area contributed by atoms with Gasteiger partial charge in [0.2, 0.25) is 11.7 Å². The van der Waals surface area contributed by atoms with Crippen LogP contribution in [0.2, 0.25) is 0 Å².